The number of aryl methyl sites for hydroxylation is 1. The van der Waals surface area contributed by atoms with Crippen molar-refractivity contribution < 1.29 is 9.21 Å². The number of carbonyl (C=O) groups is 1. The number of aromatic nitrogens is 5. The number of thioether (sulfide) groups is 1. The minimum Gasteiger partial charge on any atom is -0.467 e. The summed E-state index contributed by atoms with van der Waals surface area (Å²) in [4.78, 5) is 20.9. The number of furan rings is 1. The SMILES string of the molecule is Cc1cc(Br)ccc1NC(=O)CSc1nnc(-c2cnccn2)n1Cc1ccco1. The first-order chi connectivity index (χ1) is 14.6. The standard InChI is InChI=1S/C20H17BrN6O2S/c1-13-9-14(21)4-5-16(13)24-18(28)12-30-20-26-25-19(17-10-22-6-7-23-17)27(20)11-15-3-2-8-29-15/h2-10H,11-12H2,1H3,(H,24,28). The number of nitrogens with one attached hydrogen (secondary N) is 1. The largest absolute Gasteiger partial charge is 0.467 e. The van der Waals surface area contributed by atoms with Crippen LogP contribution in [-0.4, -0.2) is 36.4 Å². The lowest BCUT2D eigenvalue weighted by atomic mass is 10.2. The maximum atomic E-state index is 12.5. The van der Waals surface area contributed by atoms with Crippen LogP contribution in [0.15, 0.2) is 69.2 Å². The number of nitrogens with zero attached hydrogens (tertiary/aromatic N) is 5. The van der Waals surface area contributed by atoms with Crippen LogP contribution < -0.4 is 5.32 Å². The summed E-state index contributed by atoms with van der Waals surface area (Å²) in [5.41, 5.74) is 2.35. The molecule has 0 radical (unpaired) electrons. The molecule has 1 aromatic carbocycles. The molecule has 30 heavy (non-hydrogen) atoms. The minimum absolute atomic E-state index is 0.126. The van der Waals surface area contributed by atoms with Crippen LogP contribution in [0.4, 0.5) is 5.69 Å². The van der Waals surface area contributed by atoms with E-state index >= 15 is 0 Å². The van der Waals surface area contributed by atoms with Gasteiger partial charge in [-0.15, -0.1) is 10.2 Å². The van der Waals surface area contributed by atoms with E-state index < -0.39 is 0 Å². The van der Waals surface area contributed by atoms with Gasteiger partial charge in [-0.3, -0.25) is 14.3 Å². The van der Waals surface area contributed by atoms with Crippen molar-refractivity contribution in [2.75, 3.05) is 11.1 Å². The summed E-state index contributed by atoms with van der Waals surface area (Å²) >= 11 is 4.72. The Morgan fingerprint density at radius 1 is 1.27 bits per heavy atom. The van der Waals surface area contributed by atoms with Crippen molar-refractivity contribution >= 4 is 39.3 Å². The summed E-state index contributed by atoms with van der Waals surface area (Å²) in [5.74, 6) is 1.37. The maximum absolute atomic E-state index is 12.5. The zero-order chi connectivity index (χ0) is 20.9. The van der Waals surface area contributed by atoms with Gasteiger partial charge in [0.15, 0.2) is 11.0 Å². The van der Waals surface area contributed by atoms with Crippen molar-refractivity contribution in [3.05, 3.63) is 71.0 Å². The van der Waals surface area contributed by atoms with Gasteiger partial charge in [-0.1, -0.05) is 27.7 Å². The first-order valence-electron chi connectivity index (χ1n) is 9.01. The van der Waals surface area contributed by atoms with Gasteiger partial charge in [-0.2, -0.15) is 0 Å². The Balaban J connectivity index is 1.52. The average molecular weight is 485 g/mol. The van der Waals surface area contributed by atoms with Crippen LogP contribution in [0.3, 0.4) is 0 Å². The predicted molar refractivity (Wildman–Crippen MR) is 117 cm³/mol. The van der Waals surface area contributed by atoms with Gasteiger partial charge in [-0.25, -0.2) is 4.98 Å². The quantitative estimate of drug-likeness (QED) is 0.392. The van der Waals surface area contributed by atoms with Gasteiger partial charge >= 0.3 is 0 Å². The number of rotatable bonds is 7. The first-order valence-corrected chi connectivity index (χ1v) is 10.8. The van der Waals surface area contributed by atoms with E-state index in [0.717, 1.165) is 21.5 Å². The Kier molecular flexibility index (Phi) is 6.24. The fourth-order valence-electron chi connectivity index (χ4n) is 2.78. The predicted octanol–water partition coefficient (Wildman–Crippen LogP) is 4.18. The molecule has 4 aromatic rings. The Labute approximate surface area is 185 Å². The molecule has 0 saturated heterocycles. The number of carbonyl (C=O) groups excluding carboxylic acids is 1. The Bertz CT molecular complexity index is 1150. The van der Waals surface area contributed by atoms with Crippen LogP contribution in [0.1, 0.15) is 11.3 Å². The summed E-state index contributed by atoms with van der Waals surface area (Å²) in [5, 5.41) is 12.0. The average Bonchev–Trinajstić information content (AvgIpc) is 3.40. The Morgan fingerprint density at radius 2 is 2.17 bits per heavy atom. The fourth-order valence-corrected chi connectivity index (χ4v) is 4.00. The minimum atomic E-state index is -0.126. The molecule has 0 unspecified atom stereocenters. The molecule has 8 nitrogen and oxygen atoms in total. The van der Waals surface area contributed by atoms with Crippen LogP contribution in [0, 0.1) is 6.92 Å². The zero-order valence-corrected chi connectivity index (χ0v) is 18.4. The molecule has 4 rings (SSSR count). The van der Waals surface area contributed by atoms with Gasteiger partial charge < -0.3 is 9.73 Å². The molecule has 0 bridgehead atoms. The molecule has 0 atom stereocenters. The lowest BCUT2D eigenvalue weighted by molar-refractivity contribution is -0.113. The van der Waals surface area contributed by atoms with Crippen molar-refractivity contribution in [1.29, 1.82) is 0 Å². The van der Waals surface area contributed by atoms with Gasteiger partial charge in [0.25, 0.3) is 0 Å². The van der Waals surface area contributed by atoms with Gasteiger partial charge in [0.2, 0.25) is 5.91 Å². The van der Waals surface area contributed by atoms with Crippen molar-refractivity contribution in [3.63, 3.8) is 0 Å². The number of amides is 1. The smallest absolute Gasteiger partial charge is 0.234 e. The van der Waals surface area contributed by atoms with Crippen molar-refractivity contribution in [2.24, 2.45) is 0 Å². The molecular weight excluding hydrogens is 468 g/mol. The lowest BCUT2D eigenvalue weighted by Gasteiger charge is -2.10. The molecule has 3 heterocycles. The number of anilines is 1. The Morgan fingerprint density at radius 3 is 2.90 bits per heavy atom. The molecule has 0 fully saturated rings. The maximum Gasteiger partial charge on any atom is 0.234 e. The molecule has 152 valence electrons. The van der Waals surface area contributed by atoms with E-state index in [1.165, 1.54) is 11.8 Å². The van der Waals surface area contributed by atoms with E-state index in [0.29, 0.717) is 23.2 Å². The van der Waals surface area contributed by atoms with Crippen molar-refractivity contribution in [2.45, 2.75) is 18.6 Å². The topological polar surface area (TPSA) is 98.7 Å². The van der Waals surface area contributed by atoms with Crippen LogP contribution in [0.5, 0.6) is 0 Å². The summed E-state index contributed by atoms with van der Waals surface area (Å²) in [6.45, 7) is 2.36. The summed E-state index contributed by atoms with van der Waals surface area (Å²) < 4.78 is 8.31. The highest BCUT2D eigenvalue weighted by molar-refractivity contribution is 9.10. The fraction of sp³-hybridized carbons (Fsp3) is 0.150. The van der Waals surface area contributed by atoms with E-state index in [1.54, 1.807) is 24.9 Å². The number of benzene rings is 1. The second kappa shape index (κ2) is 9.23. The molecule has 0 aliphatic carbocycles. The highest BCUT2D eigenvalue weighted by atomic mass is 79.9. The van der Waals surface area contributed by atoms with E-state index in [-0.39, 0.29) is 11.7 Å². The van der Waals surface area contributed by atoms with Crippen LogP contribution in [-0.2, 0) is 11.3 Å². The van der Waals surface area contributed by atoms with Crippen LogP contribution in [0.2, 0.25) is 0 Å². The summed E-state index contributed by atoms with van der Waals surface area (Å²) in [7, 11) is 0. The van der Waals surface area contributed by atoms with Crippen LogP contribution >= 0.6 is 27.7 Å². The molecular formula is C20H17BrN6O2S. The molecule has 1 amide bonds. The number of hydrogen-bond acceptors (Lipinski definition) is 7. The molecule has 0 saturated carbocycles. The lowest BCUT2D eigenvalue weighted by Crippen LogP contribution is -2.15. The second-order valence-electron chi connectivity index (χ2n) is 6.36. The summed E-state index contributed by atoms with van der Waals surface area (Å²) in [6.07, 6.45) is 6.44. The van der Waals surface area contributed by atoms with Gasteiger partial charge in [0, 0.05) is 22.6 Å². The number of hydrogen-bond donors (Lipinski definition) is 1. The first kappa shape index (κ1) is 20.3. The molecule has 10 heteroatoms. The van der Waals surface area contributed by atoms with E-state index in [9.17, 15) is 4.79 Å². The Hall–Kier alpha value is -2.98. The molecule has 0 aliphatic rings. The van der Waals surface area contributed by atoms with Gasteiger partial charge in [0.1, 0.15) is 11.5 Å². The molecule has 1 N–H and O–H groups in total. The second-order valence-corrected chi connectivity index (χ2v) is 8.22. The van der Waals surface area contributed by atoms with Crippen LogP contribution in [0.25, 0.3) is 11.5 Å². The molecule has 0 aliphatic heterocycles. The van der Waals surface area contributed by atoms with E-state index in [1.807, 2.05) is 41.8 Å². The highest BCUT2D eigenvalue weighted by Crippen LogP contribution is 2.25. The number of halogens is 1. The van der Waals surface area contributed by atoms with Gasteiger partial charge in [0.05, 0.1) is 24.8 Å². The monoisotopic (exact) mass is 484 g/mol. The van der Waals surface area contributed by atoms with Gasteiger partial charge in [-0.05, 0) is 42.8 Å². The highest BCUT2D eigenvalue weighted by Gasteiger charge is 2.18. The van der Waals surface area contributed by atoms with Crippen molar-refractivity contribution in [1.82, 2.24) is 24.7 Å². The third-order valence-electron chi connectivity index (χ3n) is 4.20. The normalized spacial score (nSPS) is 10.9. The third-order valence-corrected chi connectivity index (χ3v) is 5.66. The van der Waals surface area contributed by atoms with E-state index in [2.05, 4.69) is 41.4 Å². The van der Waals surface area contributed by atoms with E-state index in [4.69, 9.17) is 4.42 Å². The third kappa shape index (κ3) is 4.77. The molecule has 0 spiro atoms. The van der Waals surface area contributed by atoms with Crippen molar-refractivity contribution in [3.8, 4) is 11.5 Å². The molecule has 3 aromatic heterocycles. The summed E-state index contributed by atoms with van der Waals surface area (Å²) in [6, 6.07) is 9.41. The zero-order valence-electron chi connectivity index (χ0n) is 15.9.